The zero-order valence-electron chi connectivity index (χ0n) is 17.2. The number of aromatic nitrogens is 4. The number of nitrogens with zero attached hydrogens (tertiary/aromatic N) is 4. The first-order valence-corrected chi connectivity index (χ1v) is 11.8. The molecule has 2 atom stereocenters. The fourth-order valence-corrected chi connectivity index (χ4v) is 5.73. The quantitative estimate of drug-likeness (QED) is 0.433. The Morgan fingerprint density at radius 1 is 1.31 bits per heavy atom. The minimum absolute atomic E-state index is 0.226. The van der Waals surface area contributed by atoms with E-state index in [1.54, 1.807) is 24.8 Å². The van der Waals surface area contributed by atoms with Crippen LogP contribution in [0.5, 0.6) is 5.75 Å². The number of hydrogen-bond acceptors (Lipinski definition) is 7. The Kier molecular flexibility index (Phi) is 5.57. The highest BCUT2D eigenvalue weighted by Gasteiger charge is 2.29. The van der Waals surface area contributed by atoms with Gasteiger partial charge in [0.25, 0.3) is 0 Å². The van der Waals surface area contributed by atoms with Gasteiger partial charge in [0.15, 0.2) is 17.2 Å². The maximum absolute atomic E-state index is 12.7. The molecule has 9 nitrogen and oxygen atoms in total. The highest BCUT2D eigenvalue weighted by Crippen LogP contribution is 2.38. The first kappa shape index (κ1) is 20.6. The maximum Gasteiger partial charge on any atom is 0.328 e. The van der Waals surface area contributed by atoms with Crippen LogP contribution in [0.2, 0.25) is 0 Å². The number of hydrogen-bond donors (Lipinski definition) is 2. The SMILES string of the molecule is O=C(O)/C=C1/CCc2c(OCPC3CCCN3c3ncnc4nc[nH]c34)cccc2C1=O. The van der Waals surface area contributed by atoms with E-state index >= 15 is 0 Å². The second-order valence-corrected chi connectivity index (χ2v) is 9.13. The molecule has 2 aromatic heterocycles. The van der Waals surface area contributed by atoms with E-state index in [0.29, 0.717) is 56.1 Å². The number of imidazole rings is 1. The predicted octanol–water partition coefficient (Wildman–Crippen LogP) is 3.13. The number of carbonyl (C=O) groups is 2. The molecule has 0 saturated carbocycles. The van der Waals surface area contributed by atoms with Gasteiger partial charge in [-0.2, -0.15) is 0 Å². The molecule has 5 rings (SSSR count). The van der Waals surface area contributed by atoms with Crippen LogP contribution in [-0.4, -0.2) is 55.5 Å². The topological polar surface area (TPSA) is 121 Å². The van der Waals surface area contributed by atoms with Gasteiger partial charge < -0.3 is 19.7 Å². The van der Waals surface area contributed by atoms with Crippen molar-refractivity contribution in [2.75, 3.05) is 17.8 Å². The lowest BCUT2D eigenvalue weighted by atomic mass is 9.86. The number of fused-ring (bicyclic) bond motifs is 2. The first-order valence-electron chi connectivity index (χ1n) is 10.5. The van der Waals surface area contributed by atoms with Crippen LogP contribution in [0.4, 0.5) is 5.82 Å². The normalized spacial score (nSPS) is 19.9. The van der Waals surface area contributed by atoms with E-state index in [2.05, 4.69) is 24.8 Å². The van der Waals surface area contributed by atoms with E-state index in [-0.39, 0.29) is 5.78 Å². The van der Waals surface area contributed by atoms with E-state index in [4.69, 9.17) is 9.84 Å². The second kappa shape index (κ2) is 8.67. The Balaban J connectivity index is 1.28. The van der Waals surface area contributed by atoms with Gasteiger partial charge in [-0.3, -0.25) is 4.79 Å². The van der Waals surface area contributed by atoms with Gasteiger partial charge in [0.05, 0.1) is 12.1 Å². The van der Waals surface area contributed by atoms with Gasteiger partial charge in [-0.25, -0.2) is 19.7 Å². The maximum atomic E-state index is 12.7. The molecule has 0 amide bonds. The highest BCUT2D eigenvalue weighted by atomic mass is 31.1. The number of aromatic amines is 1. The van der Waals surface area contributed by atoms with Gasteiger partial charge in [-0.05, 0) is 31.7 Å². The summed E-state index contributed by atoms with van der Waals surface area (Å²) in [5.74, 6) is 0.587. The van der Waals surface area contributed by atoms with Gasteiger partial charge in [0, 0.05) is 29.3 Å². The van der Waals surface area contributed by atoms with Crippen LogP contribution in [0.25, 0.3) is 11.2 Å². The molecule has 1 fully saturated rings. The van der Waals surface area contributed by atoms with Crippen molar-refractivity contribution in [3.63, 3.8) is 0 Å². The third-order valence-electron chi connectivity index (χ3n) is 5.89. The second-order valence-electron chi connectivity index (χ2n) is 7.76. The number of nitrogens with one attached hydrogen (secondary N) is 1. The summed E-state index contributed by atoms with van der Waals surface area (Å²) < 4.78 is 6.13. The number of ketones is 1. The van der Waals surface area contributed by atoms with Gasteiger partial charge in [-0.1, -0.05) is 20.7 Å². The fraction of sp³-hybridized carbons (Fsp3) is 0.318. The Morgan fingerprint density at radius 3 is 3.09 bits per heavy atom. The van der Waals surface area contributed by atoms with Crippen molar-refractivity contribution < 1.29 is 19.4 Å². The number of allylic oxidation sites excluding steroid dienone is 1. The van der Waals surface area contributed by atoms with Crippen molar-refractivity contribution in [2.45, 2.75) is 31.5 Å². The van der Waals surface area contributed by atoms with Gasteiger partial charge in [0.2, 0.25) is 0 Å². The van der Waals surface area contributed by atoms with E-state index in [1.807, 2.05) is 6.07 Å². The van der Waals surface area contributed by atoms with Crippen LogP contribution in [0.15, 0.2) is 42.5 Å². The van der Waals surface area contributed by atoms with Crippen LogP contribution in [0, 0.1) is 0 Å². The summed E-state index contributed by atoms with van der Waals surface area (Å²) in [5.41, 5.74) is 3.25. The van der Waals surface area contributed by atoms with Crippen LogP contribution in [0.3, 0.4) is 0 Å². The van der Waals surface area contributed by atoms with Crippen molar-refractivity contribution in [3.8, 4) is 5.75 Å². The molecule has 1 saturated heterocycles. The molecule has 0 bridgehead atoms. The molecule has 2 aliphatic rings. The molecule has 164 valence electrons. The summed E-state index contributed by atoms with van der Waals surface area (Å²) in [6, 6.07) is 5.41. The molecule has 3 heterocycles. The van der Waals surface area contributed by atoms with Crippen LogP contribution in [-0.2, 0) is 11.2 Å². The van der Waals surface area contributed by atoms with Crippen LogP contribution < -0.4 is 9.64 Å². The summed E-state index contributed by atoms with van der Waals surface area (Å²) in [4.78, 5) is 42.0. The molecular weight excluding hydrogens is 429 g/mol. The highest BCUT2D eigenvalue weighted by molar-refractivity contribution is 7.38. The Morgan fingerprint density at radius 2 is 2.22 bits per heavy atom. The smallest absolute Gasteiger partial charge is 0.328 e. The Labute approximate surface area is 185 Å². The van der Waals surface area contributed by atoms with Gasteiger partial charge in [0.1, 0.15) is 23.9 Å². The Bertz CT molecular complexity index is 1220. The van der Waals surface area contributed by atoms with E-state index < -0.39 is 5.97 Å². The molecular formula is C22H22N5O4P. The number of aliphatic carboxylic acids is 1. The van der Waals surface area contributed by atoms with Gasteiger partial charge >= 0.3 is 5.97 Å². The number of H-pyrrole nitrogens is 1. The first-order chi connectivity index (χ1) is 15.6. The monoisotopic (exact) mass is 451 g/mol. The molecule has 3 aromatic rings. The van der Waals surface area contributed by atoms with E-state index in [1.165, 1.54) is 0 Å². The number of anilines is 1. The average Bonchev–Trinajstić information content (AvgIpc) is 3.45. The standard InChI is InChI=1S/C22H22N5O4P/c28-18(29)9-13-6-7-14-15(20(13)30)3-1-4-16(14)31-12-32-17-5-2-8-27(17)22-19-21(24-10-23-19)25-11-26-22/h1,3-4,9-11,17,32H,2,5-8,12H2,(H,28,29)(H,23,24,25,26)/b13-9-. The number of carboxylic acid groups (broad SMARTS) is 1. The molecule has 0 spiro atoms. The third kappa shape index (κ3) is 3.84. The van der Waals surface area contributed by atoms with Crippen LogP contribution >= 0.6 is 8.58 Å². The van der Waals surface area contributed by atoms with Crippen molar-refractivity contribution in [1.29, 1.82) is 0 Å². The van der Waals surface area contributed by atoms with Gasteiger partial charge in [-0.15, -0.1) is 0 Å². The number of ether oxygens (including phenoxy) is 1. The molecule has 1 aliphatic carbocycles. The fourth-order valence-electron chi connectivity index (χ4n) is 4.42. The predicted molar refractivity (Wildman–Crippen MR) is 121 cm³/mol. The molecule has 2 N–H and O–H groups in total. The minimum Gasteiger partial charge on any atom is -0.489 e. The number of rotatable bonds is 6. The van der Waals surface area contributed by atoms with E-state index in [9.17, 15) is 9.59 Å². The lowest BCUT2D eigenvalue weighted by molar-refractivity contribution is -0.131. The zero-order valence-corrected chi connectivity index (χ0v) is 18.2. The number of carbonyl (C=O) groups excluding carboxylic acids is 1. The Hall–Kier alpha value is -3.32. The summed E-state index contributed by atoms with van der Waals surface area (Å²) in [7, 11) is 0.532. The molecule has 32 heavy (non-hydrogen) atoms. The van der Waals surface area contributed by atoms with Crippen molar-refractivity contribution in [2.24, 2.45) is 0 Å². The molecule has 0 radical (unpaired) electrons. The lowest BCUT2D eigenvalue weighted by Crippen LogP contribution is -2.27. The largest absolute Gasteiger partial charge is 0.489 e. The van der Waals surface area contributed by atoms with Crippen LogP contribution in [0.1, 0.15) is 35.2 Å². The van der Waals surface area contributed by atoms with Crippen molar-refractivity contribution in [1.82, 2.24) is 19.9 Å². The molecule has 1 aliphatic heterocycles. The third-order valence-corrected chi connectivity index (χ3v) is 7.27. The number of carboxylic acids is 1. The van der Waals surface area contributed by atoms with Crippen molar-refractivity contribution >= 4 is 37.3 Å². The zero-order chi connectivity index (χ0) is 22.1. The number of benzene rings is 1. The lowest BCUT2D eigenvalue weighted by Gasteiger charge is -2.26. The average molecular weight is 451 g/mol. The van der Waals surface area contributed by atoms with Crippen molar-refractivity contribution in [3.05, 3.63) is 53.6 Å². The summed E-state index contributed by atoms with van der Waals surface area (Å²) in [6.45, 7) is 0.927. The molecule has 1 aromatic carbocycles. The van der Waals surface area contributed by atoms with E-state index in [0.717, 1.165) is 42.4 Å². The number of Topliss-reactive ketones (excluding diaryl/α,β-unsaturated/α-hetero) is 1. The molecule has 2 unspecified atom stereocenters. The summed E-state index contributed by atoms with van der Waals surface area (Å²) in [5, 5.41) is 8.99. The summed E-state index contributed by atoms with van der Waals surface area (Å²) in [6.07, 6.45) is 7.89. The summed E-state index contributed by atoms with van der Waals surface area (Å²) >= 11 is 0. The molecule has 10 heteroatoms. The minimum atomic E-state index is -1.09.